The van der Waals surface area contributed by atoms with Gasteiger partial charge in [0, 0.05) is 6.42 Å². The molecule has 0 aliphatic carbocycles. The zero-order chi connectivity index (χ0) is 12.8. The molecule has 0 fully saturated rings. The predicted octanol–water partition coefficient (Wildman–Crippen LogP) is 3.00. The molecule has 1 aromatic carbocycles. The second kappa shape index (κ2) is 6.73. The van der Waals surface area contributed by atoms with Crippen LogP contribution in [0.15, 0.2) is 18.2 Å². The van der Waals surface area contributed by atoms with Gasteiger partial charge in [-0.05, 0) is 46.7 Å². The van der Waals surface area contributed by atoms with Crippen LogP contribution < -0.4 is 4.74 Å². The first kappa shape index (κ1) is 14.1. The van der Waals surface area contributed by atoms with E-state index in [0.717, 1.165) is 5.56 Å². The Morgan fingerprint density at radius 2 is 2.18 bits per heavy atom. The summed E-state index contributed by atoms with van der Waals surface area (Å²) < 4.78 is 33.4. The summed E-state index contributed by atoms with van der Waals surface area (Å²) >= 11 is 1.91. The minimum atomic E-state index is -2.83. The lowest BCUT2D eigenvalue weighted by Crippen LogP contribution is -2.04. The number of carbonyl (C=O) groups excluding carboxylic acids is 1. The van der Waals surface area contributed by atoms with Crippen molar-refractivity contribution in [3.63, 3.8) is 0 Å². The second-order valence-electron chi connectivity index (χ2n) is 3.22. The molecule has 0 unspecified atom stereocenters. The molecule has 0 N–H and O–H groups in total. The van der Waals surface area contributed by atoms with E-state index < -0.39 is 6.61 Å². The molecule has 0 amide bonds. The van der Waals surface area contributed by atoms with Crippen LogP contribution in [0.4, 0.5) is 8.78 Å². The fourth-order valence-corrected chi connectivity index (χ4v) is 1.95. The van der Waals surface area contributed by atoms with Gasteiger partial charge in [0.25, 0.3) is 0 Å². The molecule has 0 saturated heterocycles. The Balaban J connectivity index is 2.65. The zero-order valence-electron chi connectivity index (χ0n) is 9.08. The van der Waals surface area contributed by atoms with Crippen LogP contribution in [0.3, 0.4) is 0 Å². The number of halogens is 3. The lowest BCUT2D eigenvalue weighted by Gasteiger charge is -2.08. The lowest BCUT2D eigenvalue weighted by atomic mass is 10.1. The van der Waals surface area contributed by atoms with Crippen LogP contribution in [-0.2, 0) is 16.0 Å². The summed E-state index contributed by atoms with van der Waals surface area (Å²) in [4.78, 5) is 10.9. The highest BCUT2D eigenvalue weighted by atomic mass is 127. The van der Waals surface area contributed by atoms with Crippen LogP contribution in [0.1, 0.15) is 12.0 Å². The molecule has 0 atom stereocenters. The van der Waals surface area contributed by atoms with Crippen molar-refractivity contribution >= 4 is 28.6 Å². The number of aryl methyl sites for hydroxylation is 1. The number of hydrogen-bond acceptors (Lipinski definition) is 3. The van der Waals surface area contributed by atoms with E-state index >= 15 is 0 Å². The average molecular weight is 356 g/mol. The molecule has 0 spiro atoms. The number of benzene rings is 1. The Morgan fingerprint density at radius 3 is 2.71 bits per heavy atom. The number of hydrogen-bond donors (Lipinski definition) is 0. The van der Waals surface area contributed by atoms with Crippen LogP contribution in [0.2, 0.25) is 0 Å². The molecule has 0 saturated carbocycles. The predicted molar refractivity (Wildman–Crippen MR) is 66.1 cm³/mol. The Morgan fingerprint density at radius 1 is 1.47 bits per heavy atom. The SMILES string of the molecule is COC(=O)CCc1ccc(OC(F)F)c(I)c1. The van der Waals surface area contributed by atoms with Crippen molar-refractivity contribution in [2.45, 2.75) is 19.5 Å². The van der Waals surface area contributed by atoms with Gasteiger partial charge in [-0.2, -0.15) is 8.78 Å². The third-order valence-corrected chi connectivity index (χ3v) is 2.90. The Kier molecular flexibility index (Phi) is 5.60. The van der Waals surface area contributed by atoms with Crippen LogP contribution in [0.25, 0.3) is 0 Å². The Hall–Kier alpha value is -0.920. The third-order valence-electron chi connectivity index (χ3n) is 2.06. The number of rotatable bonds is 5. The van der Waals surface area contributed by atoms with Crippen LogP contribution >= 0.6 is 22.6 Å². The monoisotopic (exact) mass is 356 g/mol. The van der Waals surface area contributed by atoms with E-state index in [2.05, 4.69) is 9.47 Å². The summed E-state index contributed by atoms with van der Waals surface area (Å²) in [6.45, 7) is -2.83. The lowest BCUT2D eigenvalue weighted by molar-refractivity contribution is -0.140. The third kappa shape index (κ3) is 4.84. The molecule has 0 aromatic heterocycles. The molecule has 0 radical (unpaired) electrons. The van der Waals surface area contributed by atoms with E-state index in [0.29, 0.717) is 9.99 Å². The number of ether oxygens (including phenoxy) is 2. The van der Waals surface area contributed by atoms with Gasteiger partial charge in [0.1, 0.15) is 5.75 Å². The van der Waals surface area contributed by atoms with E-state index in [1.165, 1.54) is 13.2 Å². The fraction of sp³-hybridized carbons (Fsp3) is 0.364. The van der Waals surface area contributed by atoms with Gasteiger partial charge in [0.05, 0.1) is 10.7 Å². The van der Waals surface area contributed by atoms with Crippen LogP contribution in [0, 0.1) is 3.57 Å². The number of carbonyl (C=O) groups is 1. The van der Waals surface area contributed by atoms with Crippen molar-refractivity contribution < 1.29 is 23.0 Å². The first-order chi connectivity index (χ1) is 8.02. The van der Waals surface area contributed by atoms with Crippen LogP contribution in [-0.4, -0.2) is 19.7 Å². The highest BCUT2D eigenvalue weighted by Crippen LogP contribution is 2.24. The van der Waals surface area contributed by atoms with E-state index in [1.807, 2.05) is 22.6 Å². The second-order valence-corrected chi connectivity index (χ2v) is 4.38. The smallest absolute Gasteiger partial charge is 0.387 e. The maximum Gasteiger partial charge on any atom is 0.387 e. The first-order valence-electron chi connectivity index (χ1n) is 4.83. The topological polar surface area (TPSA) is 35.5 Å². The maximum atomic E-state index is 12.0. The van der Waals surface area contributed by atoms with Gasteiger partial charge in [-0.15, -0.1) is 0 Å². The van der Waals surface area contributed by atoms with Gasteiger partial charge in [0.15, 0.2) is 0 Å². The number of methoxy groups -OCH3 is 1. The van der Waals surface area contributed by atoms with Gasteiger partial charge < -0.3 is 9.47 Å². The van der Waals surface area contributed by atoms with Gasteiger partial charge in [-0.25, -0.2) is 0 Å². The van der Waals surface area contributed by atoms with Crippen molar-refractivity contribution in [3.05, 3.63) is 27.3 Å². The molecular weight excluding hydrogens is 345 g/mol. The van der Waals surface area contributed by atoms with Crippen molar-refractivity contribution in [2.24, 2.45) is 0 Å². The summed E-state index contributed by atoms with van der Waals surface area (Å²) in [7, 11) is 1.33. The summed E-state index contributed by atoms with van der Waals surface area (Å²) in [5.74, 6) is -0.157. The van der Waals surface area contributed by atoms with E-state index in [1.54, 1.807) is 12.1 Å². The minimum Gasteiger partial charge on any atom is -0.469 e. The van der Waals surface area contributed by atoms with Crippen molar-refractivity contribution in [1.29, 1.82) is 0 Å². The summed E-state index contributed by atoms with van der Waals surface area (Å²) in [6.07, 6.45) is 0.777. The van der Waals surface area contributed by atoms with Crippen molar-refractivity contribution in [1.82, 2.24) is 0 Å². The van der Waals surface area contributed by atoms with Gasteiger partial charge in [-0.1, -0.05) is 6.07 Å². The molecule has 17 heavy (non-hydrogen) atoms. The van der Waals surface area contributed by atoms with Crippen LogP contribution in [0.5, 0.6) is 5.75 Å². The van der Waals surface area contributed by atoms with Gasteiger partial charge in [0.2, 0.25) is 0 Å². The maximum absolute atomic E-state index is 12.0. The fourth-order valence-electron chi connectivity index (χ4n) is 1.24. The summed E-state index contributed by atoms with van der Waals surface area (Å²) in [5.41, 5.74) is 0.876. The number of alkyl halides is 2. The van der Waals surface area contributed by atoms with Gasteiger partial charge in [-0.3, -0.25) is 4.79 Å². The summed E-state index contributed by atoms with van der Waals surface area (Å²) in [5, 5.41) is 0. The van der Waals surface area contributed by atoms with Gasteiger partial charge >= 0.3 is 12.6 Å². The highest BCUT2D eigenvalue weighted by Gasteiger charge is 2.09. The summed E-state index contributed by atoms with van der Waals surface area (Å²) in [6, 6.07) is 4.84. The molecule has 94 valence electrons. The number of esters is 1. The Labute approximate surface area is 111 Å². The minimum absolute atomic E-state index is 0.141. The molecule has 1 rings (SSSR count). The largest absolute Gasteiger partial charge is 0.469 e. The molecule has 6 heteroatoms. The normalized spacial score (nSPS) is 10.4. The molecule has 0 bridgehead atoms. The molecule has 3 nitrogen and oxygen atoms in total. The molecular formula is C11H11F2IO3. The molecule has 1 aromatic rings. The van der Waals surface area contributed by atoms with E-state index in [-0.39, 0.29) is 18.1 Å². The van der Waals surface area contributed by atoms with E-state index in [4.69, 9.17) is 0 Å². The quantitative estimate of drug-likeness (QED) is 0.601. The zero-order valence-corrected chi connectivity index (χ0v) is 11.2. The first-order valence-corrected chi connectivity index (χ1v) is 5.91. The highest BCUT2D eigenvalue weighted by molar-refractivity contribution is 14.1. The molecule has 0 heterocycles. The van der Waals surface area contributed by atoms with Crippen molar-refractivity contribution in [2.75, 3.05) is 7.11 Å². The van der Waals surface area contributed by atoms with Crippen molar-refractivity contribution in [3.8, 4) is 5.75 Å². The Bertz CT molecular complexity index is 396. The van der Waals surface area contributed by atoms with E-state index in [9.17, 15) is 13.6 Å². The molecule has 0 aliphatic rings. The molecule has 0 aliphatic heterocycles. The standard InChI is InChI=1S/C11H11F2IO3/c1-16-10(15)5-3-7-2-4-9(8(14)6-7)17-11(12)13/h2,4,6,11H,3,5H2,1H3. The average Bonchev–Trinajstić information content (AvgIpc) is 2.28.